The summed E-state index contributed by atoms with van der Waals surface area (Å²) in [7, 11) is 0. The van der Waals surface area contributed by atoms with Gasteiger partial charge < -0.3 is 10.4 Å². The van der Waals surface area contributed by atoms with E-state index in [1.807, 2.05) is 31.2 Å². The smallest absolute Gasteiger partial charge is 0.234 e. The molecule has 1 fully saturated rings. The number of hydrogen-bond donors (Lipinski definition) is 2. The maximum absolute atomic E-state index is 12.0. The number of aliphatic hydroxyl groups excluding tert-OH is 1. The number of hydrogen-bond acceptors (Lipinski definition) is 3. The van der Waals surface area contributed by atoms with Gasteiger partial charge in [-0.1, -0.05) is 36.2 Å². The minimum Gasteiger partial charge on any atom is -0.395 e. The van der Waals surface area contributed by atoms with E-state index >= 15 is 0 Å². The number of aryl methyl sites for hydroxylation is 1. The summed E-state index contributed by atoms with van der Waals surface area (Å²) in [5.41, 5.74) is 2.33. The van der Waals surface area contributed by atoms with Crippen molar-refractivity contribution in [3.63, 3.8) is 0 Å². The van der Waals surface area contributed by atoms with E-state index < -0.39 is 0 Å². The maximum atomic E-state index is 12.0. The van der Waals surface area contributed by atoms with Crippen LogP contribution in [0.3, 0.4) is 0 Å². The van der Waals surface area contributed by atoms with Crippen LogP contribution >= 0.6 is 0 Å². The van der Waals surface area contributed by atoms with Gasteiger partial charge in [0.25, 0.3) is 0 Å². The maximum Gasteiger partial charge on any atom is 0.234 e. The molecular formula is C16H24N2O2. The van der Waals surface area contributed by atoms with Crippen LogP contribution in [0.15, 0.2) is 24.3 Å². The molecule has 110 valence electrons. The third kappa shape index (κ3) is 4.32. The van der Waals surface area contributed by atoms with Crippen LogP contribution in [0.5, 0.6) is 0 Å². The third-order valence-electron chi connectivity index (χ3n) is 3.94. The van der Waals surface area contributed by atoms with Crippen molar-refractivity contribution < 1.29 is 9.90 Å². The van der Waals surface area contributed by atoms with Gasteiger partial charge in [0.1, 0.15) is 0 Å². The molecule has 4 nitrogen and oxygen atoms in total. The second-order valence-corrected chi connectivity index (χ2v) is 5.54. The first kappa shape index (κ1) is 15.0. The Morgan fingerprint density at radius 3 is 2.60 bits per heavy atom. The largest absolute Gasteiger partial charge is 0.395 e. The zero-order valence-electron chi connectivity index (χ0n) is 12.1. The summed E-state index contributed by atoms with van der Waals surface area (Å²) in [4.78, 5) is 14.1. The Balaban J connectivity index is 1.77. The van der Waals surface area contributed by atoms with Crippen molar-refractivity contribution in [3.8, 4) is 0 Å². The van der Waals surface area contributed by atoms with E-state index in [9.17, 15) is 4.79 Å². The Morgan fingerprint density at radius 1 is 1.35 bits per heavy atom. The molecule has 0 radical (unpaired) electrons. The number of carbonyl (C=O) groups is 1. The molecule has 1 aromatic rings. The highest BCUT2D eigenvalue weighted by Crippen LogP contribution is 2.24. The quantitative estimate of drug-likeness (QED) is 0.793. The molecule has 0 unspecified atom stereocenters. The first-order chi connectivity index (χ1) is 9.69. The number of rotatable bonds is 7. The number of amides is 1. The molecule has 1 aliphatic rings. The summed E-state index contributed by atoms with van der Waals surface area (Å²) in [6, 6.07) is 8.65. The summed E-state index contributed by atoms with van der Waals surface area (Å²) in [6.45, 7) is 3.70. The van der Waals surface area contributed by atoms with Crippen LogP contribution in [0.1, 0.15) is 30.4 Å². The highest BCUT2D eigenvalue weighted by atomic mass is 16.3. The van der Waals surface area contributed by atoms with E-state index in [0.29, 0.717) is 25.7 Å². The van der Waals surface area contributed by atoms with Crippen LogP contribution in [-0.2, 0) is 11.3 Å². The Bertz CT molecular complexity index is 427. The Morgan fingerprint density at radius 2 is 2.05 bits per heavy atom. The van der Waals surface area contributed by atoms with Crippen molar-refractivity contribution >= 4 is 5.91 Å². The summed E-state index contributed by atoms with van der Waals surface area (Å²) in [6.07, 6.45) is 3.52. The second kappa shape index (κ2) is 7.41. The van der Waals surface area contributed by atoms with Gasteiger partial charge in [-0.25, -0.2) is 0 Å². The number of carbonyl (C=O) groups excluding carboxylic acids is 1. The van der Waals surface area contributed by atoms with Crippen molar-refractivity contribution in [1.29, 1.82) is 0 Å². The van der Waals surface area contributed by atoms with Gasteiger partial charge in [0.15, 0.2) is 0 Å². The average Bonchev–Trinajstić information content (AvgIpc) is 2.36. The lowest BCUT2D eigenvalue weighted by Crippen LogP contribution is -2.47. The molecule has 4 heteroatoms. The van der Waals surface area contributed by atoms with Gasteiger partial charge in [-0.05, 0) is 25.3 Å². The fourth-order valence-corrected chi connectivity index (χ4v) is 2.42. The van der Waals surface area contributed by atoms with Gasteiger partial charge in [0.05, 0.1) is 13.2 Å². The lowest BCUT2D eigenvalue weighted by molar-refractivity contribution is -0.123. The summed E-state index contributed by atoms with van der Waals surface area (Å²) >= 11 is 0. The molecule has 2 N–H and O–H groups in total. The van der Waals surface area contributed by atoms with Crippen molar-refractivity contribution in [2.24, 2.45) is 0 Å². The van der Waals surface area contributed by atoms with Crippen LogP contribution in [0, 0.1) is 6.92 Å². The minimum atomic E-state index is 0.0333. The van der Waals surface area contributed by atoms with E-state index in [0.717, 1.165) is 18.4 Å². The molecule has 0 atom stereocenters. The first-order valence-electron chi connectivity index (χ1n) is 7.36. The van der Waals surface area contributed by atoms with Crippen LogP contribution < -0.4 is 5.32 Å². The van der Waals surface area contributed by atoms with Crippen molar-refractivity contribution in [2.75, 3.05) is 19.7 Å². The summed E-state index contributed by atoms with van der Waals surface area (Å²) in [5, 5.41) is 12.0. The molecule has 0 saturated heterocycles. The highest BCUT2D eigenvalue weighted by molar-refractivity contribution is 5.78. The predicted octanol–water partition coefficient (Wildman–Crippen LogP) is 1.46. The summed E-state index contributed by atoms with van der Waals surface area (Å²) in [5.74, 6) is 0.0333. The van der Waals surface area contributed by atoms with E-state index in [4.69, 9.17) is 5.11 Å². The number of nitrogens with zero attached hydrogens (tertiary/aromatic N) is 1. The van der Waals surface area contributed by atoms with Gasteiger partial charge in [-0.3, -0.25) is 9.69 Å². The molecule has 0 aromatic heterocycles. The van der Waals surface area contributed by atoms with Gasteiger partial charge in [-0.2, -0.15) is 0 Å². The zero-order chi connectivity index (χ0) is 14.4. The lowest BCUT2D eigenvalue weighted by Gasteiger charge is -2.36. The fraction of sp³-hybridized carbons (Fsp3) is 0.562. The van der Waals surface area contributed by atoms with E-state index in [2.05, 4.69) is 10.2 Å². The molecule has 20 heavy (non-hydrogen) atoms. The number of nitrogens with one attached hydrogen (secondary N) is 1. The molecule has 0 aliphatic heterocycles. The highest BCUT2D eigenvalue weighted by Gasteiger charge is 2.25. The fourth-order valence-electron chi connectivity index (χ4n) is 2.42. The number of benzene rings is 1. The Hall–Kier alpha value is -1.39. The van der Waals surface area contributed by atoms with Crippen LogP contribution in [0.4, 0.5) is 0 Å². The molecule has 1 aliphatic carbocycles. The SMILES string of the molecule is Cc1ccc(CNC(=O)CN(CCO)C2CCC2)cc1. The van der Waals surface area contributed by atoms with Crippen molar-refractivity contribution in [3.05, 3.63) is 35.4 Å². The molecule has 0 bridgehead atoms. The Labute approximate surface area is 120 Å². The molecule has 0 heterocycles. The third-order valence-corrected chi connectivity index (χ3v) is 3.94. The molecular weight excluding hydrogens is 252 g/mol. The van der Waals surface area contributed by atoms with E-state index in [1.165, 1.54) is 12.0 Å². The van der Waals surface area contributed by atoms with Crippen LogP contribution in [0.25, 0.3) is 0 Å². The van der Waals surface area contributed by atoms with Crippen molar-refractivity contribution in [1.82, 2.24) is 10.2 Å². The van der Waals surface area contributed by atoms with E-state index in [-0.39, 0.29) is 12.5 Å². The second-order valence-electron chi connectivity index (χ2n) is 5.54. The van der Waals surface area contributed by atoms with Crippen LogP contribution in [-0.4, -0.2) is 41.7 Å². The van der Waals surface area contributed by atoms with Gasteiger partial charge in [0, 0.05) is 19.1 Å². The van der Waals surface area contributed by atoms with Gasteiger partial charge in [-0.15, -0.1) is 0 Å². The summed E-state index contributed by atoms with van der Waals surface area (Å²) < 4.78 is 0. The molecule has 1 saturated carbocycles. The molecule has 0 spiro atoms. The van der Waals surface area contributed by atoms with Crippen LogP contribution in [0.2, 0.25) is 0 Å². The zero-order valence-corrected chi connectivity index (χ0v) is 12.1. The standard InChI is InChI=1S/C16H24N2O2/c1-13-5-7-14(8-6-13)11-17-16(20)12-18(9-10-19)15-3-2-4-15/h5-8,15,19H,2-4,9-12H2,1H3,(H,17,20). The van der Waals surface area contributed by atoms with Gasteiger partial charge in [0.2, 0.25) is 5.91 Å². The van der Waals surface area contributed by atoms with E-state index in [1.54, 1.807) is 0 Å². The first-order valence-corrected chi connectivity index (χ1v) is 7.36. The molecule has 2 rings (SSSR count). The minimum absolute atomic E-state index is 0.0333. The average molecular weight is 276 g/mol. The van der Waals surface area contributed by atoms with Gasteiger partial charge >= 0.3 is 0 Å². The lowest BCUT2D eigenvalue weighted by atomic mass is 9.91. The monoisotopic (exact) mass is 276 g/mol. The normalized spacial score (nSPS) is 15.2. The topological polar surface area (TPSA) is 52.6 Å². The molecule has 1 amide bonds. The predicted molar refractivity (Wildman–Crippen MR) is 79.3 cm³/mol. The van der Waals surface area contributed by atoms with Crippen molar-refractivity contribution in [2.45, 2.75) is 38.8 Å². The number of aliphatic hydroxyl groups is 1. The Kier molecular flexibility index (Phi) is 5.56. The molecule has 1 aromatic carbocycles.